The van der Waals surface area contributed by atoms with E-state index in [-0.39, 0.29) is 18.5 Å². The monoisotopic (exact) mass is 392 g/mol. The number of hydrogen-bond donors (Lipinski definition) is 2. The number of carbonyl (C=O) groups excluding carboxylic acids is 1. The molecule has 0 aliphatic heterocycles. The van der Waals surface area contributed by atoms with E-state index in [0.717, 1.165) is 5.56 Å². The number of benzene rings is 1. The van der Waals surface area contributed by atoms with Crippen LogP contribution in [0.2, 0.25) is 10.0 Å². The number of thiophene rings is 1. The molecule has 0 aliphatic rings. The van der Waals surface area contributed by atoms with E-state index in [2.05, 4.69) is 28.5 Å². The molecule has 3 N–H and O–H groups in total. The van der Waals surface area contributed by atoms with Crippen LogP contribution in [0.15, 0.2) is 60.1 Å². The van der Waals surface area contributed by atoms with Gasteiger partial charge >= 0.3 is 0 Å². The van der Waals surface area contributed by atoms with Crippen molar-refractivity contribution in [1.29, 1.82) is 0 Å². The van der Waals surface area contributed by atoms with Crippen molar-refractivity contribution in [1.82, 2.24) is 4.98 Å². The highest BCUT2D eigenvalue weighted by Gasteiger charge is 2.20. The molecular formula is C18H16Cl2N3OS+. The summed E-state index contributed by atoms with van der Waals surface area (Å²) in [5.74, 6) is 0.145. The average molecular weight is 393 g/mol. The second-order valence-corrected chi connectivity index (χ2v) is 7.20. The molecule has 0 spiro atoms. The molecular weight excluding hydrogens is 377 g/mol. The van der Waals surface area contributed by atoms with E-state index in [1.165, 1.54) is 11.1 Å². The molecule has 1 aromatic carbocycles. The number of halogens is 2. The molecule has 2 heterocycles. The molecule has 4 nitrogen and oxygen atoms in total. The maximum atomic E-state index is 12.3. The largest absolute Gasteiger partial charge is 0.328 e. The molecule has 0 saturated heterocycles. The van der Waals surface area contributed by atoms with Gasteiger partial charge in [-0.3, -0.25) is 4.79 Å². The van der Waals surface area contributed by atoms with Gasteiger partial charge < -0.3 is 10.6 Å². The van der Waals surface area contributed by atoms with Crippen LogP contribution in [0.25, 0.3) is 0 Å². The first kappa shape index (κ1) is 17.9. The lowest BCUT2D eigenvalue weighted by atomic mass is 10.1. The minimum atomic E-state index is -0.172. The standard InChI is InChI=1S/C18H15Cl2N3OS/c19-13-9-14(20)18(22-10-13)23-16(24)11-21-17(15-7-4-8-25-15)12-5-2-1-3-6-12/h1-10,17,21H,11H2,(H,22,23,24)/p+1/t17-/m0/s1. The van der Waals surface area contributed by atoms with Crippen molar-refractivity contribution in [2.45, 2.75) is 6.04 Å². The van der Waals surface area contributed by atoms with E-state index in [0.29, 0.717) is 15.9 Å². The Kier molecular flexibility index (Phi) is 6.04. The summed E-state index contributed by atoms with van der Waals surface area (Å²) in [5, 5.41) is 7.51. The summed E-state index contributed by atoms with van der Waals surface area (Å²) >= 11 is 13.5. The zero-order valence-electron chi connectivity index (χ0n) is 13.2. The molecule has 0 aliphatic carbocycles. The van der Waals surface area contributed by atoms with Crippen LogP contribution in [0.1, 0.15) is 16.5 Å². The minimum absolute atomic E-state index is 0.0700. The van der Waals surface area contributed by atoms with Crippen molar-refractivity contribution in [3.63, 3.8) is 0 Å². The predicted octanol–water partition coefficient (Wildman–Crippen LogP) is 3.74. The van der Waals surface area contributed by atoms with Crippen molar-refractivity contribution in [2.24, 2.45) is 0 Å². The number of nitrogens with two attached hydrogens (primary N) is 1. The van der Waals surface area contributed by atoms with E-state index in [1.807, 2.05) is 35.0 Å². The fraction of sp³-hybridized carbons (Fsp3) is 0.111. The van der Waals surface area contributed by atoms with E-state index in [1.54, 1.807) is 17.4 Å². The molecule has 128 valence electrons. The van der Waals surface area contributed by atoms with E-state index >= 15 is 0 Å². The molecule has 0 unspecified atom stereocenters. The molecule has 0 saturated carbocycles. The molecule has 7 heteroatoms. The van der Waals surface area contributed by atoms with Crippen LogP contribution in [0.3, 0.4) is 0 Å². The molecule has 25 heavy (non-hydrogen) atoms. The minimum Gasteiger partial charge on any atom is -0.328 e. The molecule has 3 rings (SSSR count). The number of amides is 1. The summed E-state index contributed by atoms with van der Waals surface area (Å²) in [4.78, 5) is 17.5. The topological polar surface area (TPSA) is 58.6 Å². The molecule has 3 aromatic rings. The van der Waals surface area contributed by atoms with Gasteiger partial charge in [-0.05, 0) is 17.5 Å². The molecule has 0 radical (unpaired) electrons. The molecule has 1 amide bonds. The first-order valence-corrected chi connectivity index (χ1v) is 9.29. The van der Waals surface area contributed by atoms with E-state index in [4.69, 9.17) is 23.2 Å². The third-order valence-corrected chi connectivity index (χ3v) is 5.06. The first-order valence-electron chi connectivity index (χ1n) is 7.66. The summed E-state index contributed by atoms with van der Waals surface area (Å²) in [5.41, 5.74) is 1.15. The van der Waals surface area contributed by atoms with Crippen molar-refractivity contribution in [3.05, 3.63) is 80.6 Å². The summed E-state index contributed by atoms with van der Waals surface area (Å²) in [6, 6.07) is 15.8. The van der Waals surface area contributed by atoms with Crippen molar-refractivity contribution in [3.8, 4) is 0 Å². The van der Waals surface area contributed by atoms with Gasteiger partial charge in [0.15, 0.2) is 12.4 Å². The fourth-order valence-electron chi connectivity index (χ4n) is 2.46. The smallest absolute Gasteiger partial charge is 0.280 e. The van der Waals surface area contributed by atoms with Gasteiger partial charge in [0, 0.05) is 11.8 Å². The molecule has 2 aromatic heterocycles. The first-order chi connectivity index (χ1) is 12.1. The Morgan fingerprint density at radius 1 is 1.20 bits per heavy atom. The Labute approximate surface area is 159 Å². The predicted molar refractivity (Wildman–Crippen MR) is 102 cm³/mol. The van der Waals surface area contributed by atoms with Crippen LogP contribution in [-0.2, 0) is 4.79 Å². The lowest BCUT2D eigenvalue weighted by Gasteiger charge is -2.14. The van der Waals surface area contributed by atoms with Gasteiger partial charge in [-0.25, -0.2) is 4.98 Å². The maximum absolute atomic E-state index is 12.3. The quantitative estimate of drug-likeness (QED) is 0.670. The van der Waals surface area contributed by atoms with Gasteiger partial charge in [0.1, 0.15) is 6.04 Å². The highest BCUT2D eigenvalue weighted by atomic mass is 35.5. The lowest BCUT2D eigenvalue weighted by Crippen LogP contribution is -2.87. The van der Waals surface area contributed by atoms with Crippen LogP contribution < -0.4 is 10.6 Å². The Balaban J connectivity index is 1.68. The van der Waals surface area contributed by atoms with Crippen LogP contribution in [-0.4, -0.2) is 17.4 Å². The Hall–Kier alpha value is -1.92. The Morgan fingerprint density at radius 2 is 2.00 bits per heavy atom. The van der Waals surface area contributed by atoms with Crippen LogP contribution in [0.4, 0.5) is 5.82 Å². The van der Waals surface area contributed by atoms with Gasteiger partial charge in [-0.15, -0.1) is 11.3 Å². The number of nitrogens with zero attached hydrogens (tertiary/aromatic N) is 1. The fourth-order valence-corrected chi connectivity index (χ4v) is 3.74. The number of anilines is 1. The number of hydrogen-bond acceptors (Lipinski definition) is 3. The highest BCUT2D eigenvalue weighted by molar-refractivity contribution is 7.10. The zero-order chi connectivity index (χ0) is 17.6. The zero-order valence-corrected chi connectivity index (χ0v) is 15.5. The third kappa shape index (κ3) is 4.80. The SMILES string of the molecule is O=C(C[NH2+][C@@H](c1ccccc1)c1cccs1)Nc1ncc(Cl)cc1Cl. The second-order valence-electron chi connectivity index (χ2n) is 5.38. The van der Waals surface area contributed by atoms with Crippen molar-refractivity contribution in [2.75, 3.05) is 11.9 Å². The lowest BCUT2D eigenvalue weighted by molar-refractivity contribution is -0.675. The van der Waals surface area contributed by atoms with Gasteiger partial charge in [0.25, 0.3) is 5.91 Å². The number of rotatable bonds is 6. The molecule has 0 bridgehead atoms. The summed E-state index contributed by atoms with van der Waals surface area (Å²) < 4.78 is 0. The van der Waals surface area contributed by atoms with Crippen LogP contribution >= 0.6 is 34.5 Å². The van der Waals surface area contributed by atoms with Crippen molar-refractivity contribution >= 4 is 46.3 Å². The molecule has 1 atom stereocenters. The normalized spacial score (nSPS) is 11.9. The summed E-state index contributed by atoms with van der Waals surface area (Å²) in [6.45, 7) is 0.248. The van der Waals surface area contributed by atoms with Crippen molar-refractivity contribution < 1.29 is 10.1 Å². The number of quaternary nitrogens is 1. The number of aromatic nitrogens is 1. The van der Waals surface area contributed by atoms with E-state index < -0.39 is 0 Å². The second kappa shape index (κ2) is 8.45. The average Bonchev–Trinajstić information content (AvgIpc) is 3.13. The van der Waals surface area contributed by atoms with Gasteiger partial charge in [0.05, 0.1) is 14.9 Å². The maximum Gasteiger partial charge on any atom is 0.280 e. The summed E-state index contributed by atoms with van der Waals surface area (Å²) in [7, 11) is 0. The van der Waals surface area contributed by atoms with Gasteiger partial charge in [0.2, 0.25) is 0 Å². The Bertz CT molecular complexity index is 841. The molecule has 0 fully saturated rings. The Morgan fingerprint density at radius 3 is 2.68 bits per heavy atom. The summed E-state index contributed by atoms with van der Waals surface area (Å²) in [6.07, 6.45) is 1.45. The number of carbonyl (C=O) groups is 1. The number of pyridine rings is 1. The third-order valence-electron chi connectivity index (χ3n) is 3.61. The van der Waals surface area contributed by atoms with Crippen LogP contribution in [0, 0.1) is 0 Å². The van der Waals surface area contributed by atoms with Gasteiger partial charge in [-0.1, -0.05) is 59.6 Å². The number of nitrogens with one attached hydrogen (secondary N) is 1. The highest BCUT2D eigenvalue weighted by Crippen LogP contribution is 2.23. The van der Waals surface area contributed by atoms with Gasteiger partial charge in [-0.2, -0.15) is 0 Å². The van der Waals surface area contributed by atoms with Crippen LogP contribution in [0.5, 0.6) is 0 Å². The van der Waals surface area contributed by atoms with E-state index in [9.17, 15) is 4.79 Å².